The number of carbonyl (C=O) groups excluding carboxylic acids is 2. The average Bonchev–Trinajstić information content (AvgIpc) is 3.11. The lowest BCUT2D eigenvalue weighted by atomic mass is 10.0. The molecule has 2 aromatic carbocycles. The first-order valence-corrected chi connectivity index (χ1v) is 9.47. The van der Waals surface area contributed by atoms with Crippen molar-refractivity contribution in [3.63, 3.8) is 0 Å². The fraction of sp³-hybridized carbons (Fsp3) is 0.273. The summed E-state index contributed by atoms with van der Waals surface area (Å²) in [5.41, 5.74) is 2.34. The summed E-state index contributed by atoms with van der Waals surface area (Å²) in [7, 11) is 2.14. The molecule has 2 unspecified atom stereocenters. The summed E-state index contributed by atoms with van der Waals surface area (Å²) in [6.07, 6.45) is 2.12. The zero-order valence-corrected chi connectivity index (χ0v) is 16.7. The van der Waals surface area contributed by atoms with Crippen molar-refractivity contribution in [1.29, 1.82) is 0 Å². The molecule has 0 aromatic heterocycles. The van der Waals surface area contributed by atoms with Crippen LogP contribution < -0.4 is 10.2 Å². The molecular formula is C22H22ClNO5-2. The Morgan fingerprint density at radius 2 is 1.59 bits per heavy atom. The molecule has 6 nitrogen and oxygen atoms in total. The number of rotatable bonds is 6. The SMILES string of the molecule is CN1CCC(OC(c2ccccc2)c2ccc(Cl)cc2)C1.O=C([O-])/C=C\C(=O)[O-]. The van der Waals surface area contributed by atoms with Crippen LogP contribution in [0, 0.1) is 0 Å². The minimum absolute atomic E-state index is 0.0278. The number of halogens is 1. The highest BCUT2D eigenvalue weighted by atomic mass is 35.5. The van der Waals surface area contributed by atoms with E-state index >= 15 is 0 Å². The second-order valence-electron chi connectivity index (χ2n) is 6.62. The van der Waals surface area contributed by atoms with Crippen molar-refractivity contribution in [1.82, 2.24) is 4.90 Å². The molecule has 0 aliphatic carbocycles. The number of hydrogen-bond donors (Lipinski definition) is 0. The third kappa shape index (κ3) is 8.07. The number of likely N-dealkylation sites (tertiary alicyclic amines) is 1. The molecule has 0 N–H and O–H groups in total. The van der Waals surface area contributed by atoms with E-state index in [1.165, 1.54) is 5.56 Å². The van der Waals surface area contributed by atoms with Gasteiger partial charge in [0, 0.05) is 18.1 Å². The Morgan fingerprint density at radius 1 is 1.03 bits per heavy atom. The fourth-order valence-electron chi connectivity index (χ4n) is 2.95. The van der Waals surface area contributed by atoms with Crippen LogP contribution in [0.1, 0.15) is 23.7 Å². The molecule has 0 saturated carbocycles. The van der Waals surface area contributed by atoms with Gasteiger partial charge in [0.25, 0.3) is 0 Å². The maximum absolute atomic E-state index is 9.41. The van der Waals surface area contributed by atoms with E-state index in [1.54, 1.807) is 0 Å². The van der Waals surface area contributed by atoms with Crippen molar-refractivity contribution in [2.45, 2.75) is 18.6 Å². The maximum atomic E-state index is 9.41. The summed E-state index contributed by atoms with van der Waals surface area (Å²) in [5, 5.41) is 19.6. The van der Waals surface area contributed by atoms with Gasteiger partial charge in [-0.15, -0.1) is 0 Å². The number of carbonyl (C=O) groups is 2. The number of nitrogens with zero attached hydrogens (tertiary/aromatic N) is 1. The van der Waals surface area contributed by atoms with E-state index in [1.807, 2.05) is 18.2 Å². The van der Waals surface area contributed by atoms with Crippen LogP contribution in [0.15, 0.2) is 66.7 Å². The monoisotopic (exact) mass is 415 g/mol. The molecule has 1 saturated heterocycles. The zero-order chi connectivity index (χ0) is 21.2. The zero-order valence-electron chi connectivity index (χ0n) is 16.0. The van der Waals surface area contributed by atoms with E-state index in [0.29, 0.717) is 12.2 Å². The van der Waals surface area contributed by atoms with Gasteiger partial charge < -0.3 is 29.4 Å². The van der Waals surface area contributed by atoms with E-state index in [-0.39, 0.29) is 12.2 Å². The molecule has 29 heavy (non-hydrogen) atoms. The van der Waals surface area contributed by atoms with E-state index < -0.39 is 11.9 Å². The van der Waals surface area contributed by atoms with Crippen LogP contribution >= 0.6 is 11.6 Å². The largest absolute Gasteiger partial charge is 0.545 e. The Kier molecular flexibility index (Phi) is 8.86. The van der Waals surface area contributed by atoms with Crippen molar-refractivity contribution in [2.75, 3.05) is 20.1 Å². The molecule has 1 aliphatic heterocycles. The van der Waals surface area contributed by atoms with Crippen molar-refractivity contribution in [2.24, 2.45) is 0 Å². The standard InChI is InChI=1S/C18H20ClNO.C4H4O4/c1-20-12-11-17(13-20)21-18(14-5-3-2-4-6-14)15-7-9-16(19)10-8-15;5-3(6)1-2-4(7)8/h2-10,17-18H,11-13H2,1H3;1-2H,(H,5,6)(H,7,8)/p-2/b;2-1-. The molecule has 0 amide bonds. The molecule has 2 aromatic rings. The topological polar surface area (TPSA) is 92.7 Å². The second kappa shape index (κ2) is 11.4. The average molecular weight is 416 g/mol. The van der Waals surface area contributed by atoms with Crippen LogP contribution in [0.25, 0.3) is 0 Å². The molecule has 154 valence electrons. The summed E-state index contributed by atoms with van der Waals surface area (Å²) in [4.78, 5) is 21.1. The summed E-state index contributed by atoms with van der Waals surface area (Å²) in [5.74, 6) is -3.09. The van der Waals surface area contributed by atoms with Gasteiger partial charge in [-0.25, -0.2) is 0 Å². The van der Waals surface area contributed by atoms with Crippen LogP contribution in [0.2, 0.25) is 5.02 Å². The highest BCUT2D eigenvalue weighted by Crippen LogP contribution is 2.30. The second-order valence-corrected chi connectivity index (χ2v) is 7.06. The van der Waals surface area contributed by atoms with Gasteiger partial charge in [0.2, 0.25) is 0 Å². The molecule has 7 heteroatoms. The lowest BCUT2D eigenvalue weighted by molar-refractivity contribution is -0.301. The predicted octanol–water partition coefficient (Wildman–Crippen LogP) is 1.19. The van der Waals surface area contributed by atoms with E-state index in [9.17, 15) is 19.8 Å². The Morgan fingerprint density at radius 3 is 2.07 bits per heavy atom. The quantitative estimate of drug-likeness (QED) is 0.658. The third-order valence-corrected chi connectivity index (χ3v) is 4.56. The molecule has 3 rings (SSSR count). The molecule has 0 radical (unpaired) electrons. The minimum Gasteiger partial charge on any atom is -0.545 e. The molecule has 2 atom stereocenters. The number of aliphatic carboxylic acids is 2. The van der Waals surface area contributed by atoms with Crippen molar-refractivity contribution in [3.8, 4) is 0 Å². The van der Waals surface area contributed by atoms with Gasteiger partial charge >= 0.3 is 0 Å². The molecule has 1 aliphatic rings. The Hall–Kier alpha value is -2.67. The lowest BCUT2D eigenvalue weighted by Crippen LogP contribution is -2.23. The van der Waals surface area contributed by atoms with Crippen molar-refractivity contribution < 1.29 is 24.5 Å². The molecule has 0 bridgehead atoms. The number of carboxylic acids is 2. The first kappa shape index (κ1) is 22.6. The fourth-order valence-corrected chi connectivity index (χ4v) is 3.08. The minimum atomic E-state index is -1.55. The van der Waals surface area contributed by atoms with Crippen molar-refractivity contribution in [3.05, 3.63) is 82.9 Å². The molecule has 1 heterocycles. The van der Waals surface area contributed by atoms with Crippen LogP contribution in [0.4, 0.5) is 0 Å². The summed E-state index contributed by atoms with van der Waals surface area (Å²) in [6.45, 7) is 2.10. The first-order chi connectivity index (χ1) is 13.8. The van der Waals surface area contributed by atoms with E-state index in [0.717, 1.165) is 30.1 Å². The van der Waals surface area contributed by atoms with E-state index in [2.05, 4.69) is 48.3 Å². The highest BCUT2D eigenvalue weighted by Gasteiger charge is 2.25. The van der Waals surface area contributed by atoms with Gasteiger partial charge in [-0.3, -0.25) is 0 Å². The lowest BCUT2D eigenvalue weighted by Gasteiger charge is -2.23. The number of carboxylic acid groups (broad SMARTS) is 2. The number of ether oxygens (including phenoxy) is 1. The van der Waals surface area contributed by atoms with Crippen LogP contribution in [0.5, 0.6) is 0 Å². The predicted molar refractivity (Wildman–Crippen MR) is 106 cm³/mol. The van der Waals surface area contributed by atoms with Gasteiger partial charge in [0.15, 0.2) is 0 Å². The Labute approximate surface area is 175 Å². The van der Waals surface area contributed by atoms with Crippen LogP contribution in [-0.2, 0) is 14.3 Å². The van der Waals surface area contributed by atoms with E-state index in [4.69, 9.17) is 16.3 Å². The molecular weight excluding hydrogens is 394 g/mol. The van der Waals surface area contributed by atoms with Crippen LogP contribution in [0.3, 0.4) is 0 Å². The number of benzene rings is 2. The molecule has 1 fully saturated rings. The number of hydrogen-bond acceptors (Lipinski definition) is 6. The summed E-state index contributed by atoms with van der Waals surface area (Å²) >= 11 is 6.00. The Bertz CT molecular complexity index is 807. The highest BCUT2D eigenvalue weighted by molar-refractivity contribution is 6.30. The van der Waals surface area contributed by atoms with Crippen LogP contribution in [-0.4, -0.2) is 43.1 Å². The molecule has 0 spiro atoms. The van der Waals surface area contributed by atoms with Crippen molar-refractivity contribution >= 4 is 23.5 Å². The van der Waals surface area contributed by atoms with Gasteiger partial charge in [-0.2, -0.15) is 0 Å². The van der Waals surface area contributed by atoms with Gasteiger partial charge in [-0.1, -0.05) is 54.1 Å². The number of likely N-dealkylation sites (N-methyl/N-ethyl adjacent to an activating group) is 1. The maximum Gasteiger partial charge on any atom is 0.108 e. The van der Waals surface area contributed by atoms with Gasteiger partial charge in [-0.05, 0) is 48.9 Å². The smallest absolute Gasteiger partial charge is 0.108 e. The van der Waals surface area contributed by atoms with Gasteiger partial charge in [0.05, 0.1) is 18.0 Å². The summed E-state index contributed by atoms with van der Waals surface area (Å²) in [6, 6.07) is 18.4. The summed E-state index contributed by atoms with van der Waals surface area (Å²) < 4.78 is 6.41. The first-order valence-electron chi connectivity index (χ1n) is 9.09. The Balaban J connectivity index is 0.000000321. The van der Waals surface area contributed by atoms with Gasteiger partial charge in [0.1, 0.15) is 6.10 Å². The normalized spacial score (nSPS) is 17.5. The third-order valence-electron chi connectivity index (χ3n) is 4.31.